The zero-order valence-corrected chi connectivity index (χ0v) is 12.4. The quantitative estimate of drug-likeness (QED) is 0.862. The molecule has 0 bridgehead atoms. The van der Waals surface area contributed by atoms with Gasteiger partial charge in [-0.25, -0.2) is 8.78 Å². The maximum atomic E-state index is 12.8. The van der Waals surface area contributed by atoms with Crippen molar-refractivity contribution in [1.82, 2.24) is 0 Å². The van der Waals surface area contributed by atoms with Gasteiger partial charge < -0.3 is 10.1 Å². The van der Waals surface area contributed by atoms with Crippen LogP contribution in [-0.4, -0.2) is 18.0 Å². The van der Waals surface area contributed by atoms with Gasteiger partial charge in [-0.2, -0.15) is 0 Å². The van der Waals surface area contributed by atoms with Crippen LogP contribution in [0, 0.1) is 11.6 Å². The molecule has 1 amide bonds. The lowest BCUT2D eigenvalue weighted by Crippen LogP contribution is -2.30. The highest BCUT2D eigenvalue weighted by Crippen LogP contribution is 2.10. The van der Waals surface area contributed by atoms with E-state index in [1.165, 1.54) is 55.5 Å². The van der Waals surface area contributed by atoms with E-state index in [1.54, 1.807) is 0 Å². The van der Waals surface area contributed by atoms with Crippen molar-refractivity contribution >= 4 is 17.6 Å². The topological polar surface area (TPSA) is 55.4 Å². The van der Waals surface area contributed by atoms with Crippen molar-refractivity contribution in [3.05, 3.63) is 65.7 Å². The molecule has 0 aromatic heterocycles. The SMILES string of the molecule is CC(OC(=O)Cc1ccc(F)cc1)C(=O)Nc1ccc(F)cc1. The van der Waals surface area contributed by atoms with Gasteiger partial charge in [0, 0.05) is 5.69 Å². The van der Waals surface area contributed by atoms with Gasteiger partial charge in [-0.05, 0) is 48.9 Å². The van der Waals surface area contributed by atoms with Crippen LogP contribution in [0.15, 0.2) is 48.5 Å². The van der Waals surface area contributed by atoms with Gasteiger partial charge in [0.05, 0.1) is 6.42 Å². The molecule has 6 heteroatoms. The number of esters is 1. The Bertz CT molecular complexity index is 684. The number of hydrogen-bond donors (Lipinski definition) is 1. The second-order valence-corrected chi connectivity index (χ2v) is 4.93. The third kappa shape index (κ3) is 5.18. The summed E-state index contributed by atoms with van der Waals surface area (Å²) in [7, 11) is 0. The van der Waals surface area contributed by atoms with Crippen LogP contribution in [0.25, 0.3) is 0 Å². The Hall–Kier alpha value is -2.76. The number of ether oxygens (including phenoxy) is 1. The van der Waals surface area contributed by atoms with Crippen LogP contribution in [0.3, 0.4) is 0 Å². The second-order valence-electron chi connectivity index (χ2n) is 4.93. The molecule has 0 fully saturated rings. The van der Waals surface area contributed by atoms with Crippen LogP contribution in [0.1, 0.15) is 12.5 Å². The highest BCUT2D eigenvalue weighted by Gasteiger charge is 2.18. The van der Waals surface area contributed by atoms with Crippen LogP contribution >= 0.6 is 0 Å². The van der Waals surface area contributed by atoms with Crippen LogP contribution in [0.5, 0.6) is 0 Å². The van der Waals surface area contributed by atoms with Crippen LogP contribution in [0.4, 0.5) is 14.5 Å². The van der Waals surface area contributed by atoms with Crippen molar-refractivity contribution in [3.8, 4) is 0 Å². The van der Waals surface area contributed by atoms with Crippen LogP contribution < -0.4 is 5.32 Å². The van der Waals surface area contributed by atoms with Crippen LogP contribution in [-0.2, 0) is 20.7 Å². The maximum absolute atomic E-state index is 12.8. The van der Waals surface area contributed by atoms with E-state index in [0.717, 1.165) is 0 Å². The predicted molar refractivity (Wildman–Crippen MR) is 80.7 cm³/mol. The maximum Gasteiger partial charge on any atom is 0.311 e. The fourth-order valence-corrected chi connectivity index (χ4v) is 1.84. The summed E-state index contributed by atoms with van der Waals surface area (Å²) >= 11 is 0. The molecule has 0 aliphatic rings. The molecule has 0 saturated heterocycles. The fourth-order valence-electron chi connectivity index (χ4n) is 1.84. The zero-order chi connectivity index (χ0) is 16.8. The highest BCUT2D eigenvalue weighted by molar-refractivity contribution is 5.95. The number of anilines is 1. The van der Waals surface area contributed by atoms with Gasteiger partial charge in [-0.3, -0.25) is 9.59 Å². The summed E-state index contributed by atoms with van der Waals surface area (Å²) in [6, 6.07) is 10.7. The molecule has 2 aromatic rings. The zero-order valence-electron chi connectivity index (χ0n) is 12.4. The van der Waals surface area contributed by atoms with Gasteiger partial charge in [-0.1, -0.05) is 12.1 Å². The van der Waals surface area contributed by atoms with E-state index in [-0.39, 0.29) is 6.42 Å². The van der Waals surface area contributed by atoms with Gasteiger partial charge in [-0.15, -0.1) is 0 Å². The van der Waals surface area contributed by atoms with Gasteiger partial charge in [0.2, 0.25) is 0 Å². The summed E-state index contributed by atoms with van der Waals surface area (Å²) in [6.07, 6.45) is -1.07. The van der Waals surface area contributed by atoms with E-state index in [4.69, 9.17) is 4.74 Å². The van der Waals surface area contributed by atoms with Crippen molar-refractivity contribution < 1.29 is 23.1 Å². The number of benzene rings is 2. The number of rotatable bonds is 5. The lowest BCUT2D eigenvalue weighted by atomic mass is 10.1. The van der Waals surface area contributed by atoms with Crippen molar-refractivity contribution in [2.24, 2.45) is 0 Å². The molecule has 0 spiro atoms. The second kappa shape index (κ2) is 7.49. The summed E-state index contributed by atoms with van der Waals surface area (Å²) < 4.78 is 30.6. The molecule has 0 aliphatic carbocycles. The van der Waals surface area contributed by atoms with Gasteiger partial charge in [0.25, 0.3) is 5.91 Å². The third-order valence-electron chi connectivity index (χ3n) is 3.05. The predicted octanol–water partition coefficient (Wildman–Crippen LogP) is 3.08. The fraction of sp³-hybridized carbons (Fsp3) is 0.176. The molecule has 1 unspecified atom stereocenters. The summed E-state index contributed by atoms with van der Waals surface area (Å²) in [4.78, 5) is 23.7. The van der Waals surface area contributed by atoms with E-state index in [0.29, 0.717) is 11.3 Å². The molecule has 0 aliphatic heterocycles. The minimum absolute atomic E-state index is 0.0611. The summed E-state index contributed by atoms with van der Waals surface area (Å²) in [5.41, 5.74) is 0.986. The van der Waals surface area contributed by atoms with Gasteiger partial charge >= 0.3 is 5.97 Å². The summed E-state index contributed by atoms with van der Waals surface area (Å²) in [6.45, 7) is 1.43. The molecule has 2 aromatic carbocycles. The molecule has 1 atom stereocenters. The number of halogens is 2. The monoisotopic (exact) mass is 319 g/mol. The Morgan fingerprint density at radius 1 is 1.00 bits per heavy atom. The first-order valence-electron chi connectivity index (χ1n) is 6.94. The Morgan fingerprint density at radius 2 is 1.52 bits per heavy atom. The van der Waals surface area contributed by atoms with Gasteiger partial charge in [0.15, 0.2) is 6.10 Å². The highest BCUT2D eigenvalue weighted by atomic mass is 19.1. The van der Waals surface area contributed by atoms with Crippen LogP contribution in [0.2, 0.25) is 0 Å². The largest absolute Gasteiger partial charge is 0.452 e. The minimum atomic E-state index is -1.01. The first-order chi connectivity index (χ1) is 10.9. The molecule has 0 heterocycles. The smallest absolute Gasteiger partial charge is 0.311 e. The Kier molecular flexibility index (Phi) is 5.41. The lowest BCUT2D eigenvalue weighted by Gasteiger charge is -2.13. The first-order valence-corrected chi connectivity index (χ1v) is 6.94. The summed E-state index contributed by atoms with van der Waals surface area (Å²) in [5.74, 6) is -1.93. The molecule has 0 radical (unpaired) electrons. The number of amides is 1. The Balaban J connectivity index is 1.86. The third-order valence-corrected chi connectivity index (χ3v) is 3.05. The Morgan fingerprint density at radius 3 is 2.09 bits per heavy atom. The van der Waals surface area contributed by atoms with Crippen molar-refractivity contribution in [2.45, 2.75) is 19.4 Å². The molecule has 4 nitrogen and oxygen atoms in total. The van der Waals surface area contributed by atoms with Crippen molar-refractivity contribution in [3.63, 3.8) is 0 Å². The number of carbonyl (C=O) groups excluding carboxylic acids is 2. The summed E-state index contributed by atoms with van der Waals surface area (Å²) in [5, 5.41) is 2.51. The number of hydrogen-bond acceptors (Lipinski definition) is 3. The van der Waals surface area contributed by atoms with E-state index in [9.17, 15) is 18.4 Å². The molecule has 1 N–H and O–H groups in total. The molecule has 0 saturated carbocycles. The lowest BCUT2D eigenvalue weighted by molar-refractivity contribution is -0.152. The molecule has 120 valence electrons. The van der Waals surface area contributed by atoms with Crippen molar-refractivity contribution in [2.75, 3.05) is 5.32 Å². The average molecular weight is 319 g/mol. The molecule has 2 rings (SSSR count). The molecule has 23 heavy (non-hydrogen) atoms. The Labute approximate surface area is 132 Å². The van der Waals surface area contributed by atoms with E-state index >= 15 is 0 Å². The number of nitrogens with one attached hydrogen (secondary N) is 1. The standard InChI is InChI=1S/C17H15F2NO3/c1-11(17(22)20-15-8-6-14(19)7-9-15)23-16(21)10-12-2-4-13(18)5-3-12/h2-9,11H,10H2,1H3,(H,20,22). The molecular formula is C17H15F2NO3. The normalized spacial score (nSPS) is 11.6. The van der Waals surface area contributed by atoms with E-state index < -0.39 is 29.6 Å². The number of carbonyl (C=O) groups is 2. The minimum Gasteiger partial charge on any atom is -0.452 e. The van der Waals surface area contributed by atoms with E-state index in [1.807, 2.05) is 0 Å². The average Bonchev–Trinajstić information content (AvgIpc) is 2.51. The molecular weight excluding hydrogens is 304 g/mol. The van der Waals surface area contributed by atoms with Crippen molar-refractivity contribution in [1.29, 1.82) is 0 Å². The van der Waals surface area contributed by atoms with Gasteiger partial charge in [0.1, 0.15) is 11.6 Å². The first kappa shape index (κ1) is 16.6. The van der Waals surface area contributed by atoms with E-state index in [2.05, 4.69) is 5.32 Å².